The number of nitrogens with two attached hydrogens (primary N) is 2. The minimum absolute atomic E-state index is 0.122. The molecule has 3 aromatic rings. The smallest absolute Gasteiger partial charge is 0.253 e. The van der Waals surface area contributed by atoms with Gasteiger partial charge in [0.2, 0.25) is 0 Å². The minimum Gasteiger partial charge on any atom is -0.493 e. The van der Waals surface area contributed by atoms with Crippen molar-refractivity contribution < 1.29 is 13.9 Å². The lowest BCUT2D eigenvalue weighted by molar-refractivity contribution is 0.100. The molecule has 3 rings (SSSR count). The summed E-state index contributed by atoms with van der Waals surface area (Å²) in [7, 11) is 1.41. The van der Waals surface area contributed by atoms with Crippen LogP contribution in [0.4, 0.5) is 10.2 Å². The second-order valence-corrected chi connectivity index (χ2v) is 6.40. The van der Waals surface area contributed by atoms with Crippen LogP contribution >= 0.6 is 0 Å². The number of amides is 1. The maximum absolute atomic E-state index is 14.2. The Morgan fingerprint density at radius 3 is 2.42 bits per heavy atom. The van der Waals surface area contributed by atoms with Crippen molar-refractivity contribution in [3.05, 3.63) is 45.9 Å². The predicted molar refractivity (Wildman–Crippen MR) is 99.5 cm³/mol. The summed E-state index contributed by atoms with van der Waals surface area (Å²) in [5.41, 5.74) is 16.1. The number of rotatable bonds is 3. The topological polar surface area (TPSA) is 96.2 Å². The van der Waals surface area contributed by atoms with E-state index in [0.29, 0.717) is 27.8 Å². The van der Waals surface area contributed by atoms with Crippen molar-refractivity contribution in [3.8, 4) is 11.4 Å². The van der Waals surface area contributed by atoms with E-state index in [1.54, 1.807) is 18.4 Å². The van der Waals surface area contributed by atoms with Gasteiger partial charge < -0.3 is 16.2 Å². The average Bonchev–Trinajstić information content (AvgIpc) is 2.80. The molecule has 0 aliphatic heterocycles. The van der Waals surface area contributed by atoms with E-state index in [0.717, 1.165) is 11.3 Å². The van der Waals surface area contributed by atoms with Gasteiger partial charge in [0.05, 0.1) is 18.4 Å². The summed E-state index contributed by atoms with van der Waals surface area (Å²) in [4.78, 5) is 16.7. The maximum Gasteiger partial charge on any atom is 0.253 e. The van der Waals surface area contributed by atoms with Crippen LogP contribution in [-0.2, 0) is 0 Å². The zero-order valence-electron chi connectivity index (χ0n) is 15.4. The number of fused-ring (bicyclic) bond motifs is 1. The standard InChI is InChI=1S/C19H21FN4O2/c1-8-6-12-14(18(22)25)17(21)24(19(12)23-11(8)4)15-9(2)7-13(20)16(26-5)10(15)3/h6-7H,21H2,1-5H3,(H2,22,25). The summed E-state index contributed by atoms with van der Waals surface area (Å²) in [5, 5.41) is 0.570. The summed E-state index contributed by atoms with van der Waals surface area (Å²) >= 11 is 0. The van der Waals surface area contributed by atoms with E-state index in [-0.39, 0.29) is 17.1 Å². The Bertz CT molecular complexity index is 1070. The van der Waals surface area contributed by atoms with Crippen molar-refractivity contribution >= 4 is 22.8 Å². The van der Waals surface area contributed by atoms with Gasteiger partial charge >= 0.3 is 0 Å². The van der Waals surface area contributed by atoms with Crippen LogP contribution in [0.5, 0.6) is 5.75 Å². The number of benzene rings is 1. The number of aromatic nitrogens is 2. The van der Waals surface area contributed by atoms with Gasteiger partial charge in [0, 0.05) is 16.6 Å². The normalized spacial score (nSPS) is 11.2. The molecule has 1 aromatic carbocycles. The average molecular weight is 356 g/mol. The fourth-order valence-corrected chi connectivity index (χ4v) is 3.40. The lowest BCUT2D eigenvalue weighted by atomic mass is 10.1. The lowest BCUT2D eigenvalue weighted by Gasteiger charge is -2.17. The second-order valence-electron chi connectivity index (χ2n) is 6.40. The summed E-state index contributed by atoms with van der Waals surface area (Å²) < 4.78 is 21.1. The first kappa shape index (κ1) is 17.7. The van der Waals surface area contributed by atoms with E-state index in [1.807, 2.05) is 19.9 Å². The highest BCUT2D eigenvalue weighted by Crippen LogP contribution is 2.37. The maximum atomic E-state index is 14.2. The summed E-state index contributed by atoms with van der Waals surface area (Å²) in [6.07, 6.45) is 0. The van der Waals surface area contributed by atoms with Crippen LogP contribution in [-0.4, -0.2) is 22.6 Å². The fraction of sp³-hybridized carbons (Fsp3) is 0.263. The second kappa shape index (κ2) is 6.01. The molecule has 0 atom stereocenters. The van der Waals surface area contributed by atoms with E-state index in [1.165, 1.54) is 13.2 Å². The number of nitrogens with zero attached hydrogens (tertiary/aromatic N) is 2. The van der Waals surface area contributed by atoms with E-state index in [4.69, 9.17) is 16.2 Å². The third-order valence-corrected chi connectivity index (χ3v) is 4.73. The third kappa shape index (κ3) is 2.39. The molecule has 0 bridgehead atoms. The van der Waals surface area contributed by atoms with Gasteiger partial charge in [0.1, 0.15) is 11.5 Å². The number of methoxy groups -OCH3 is 1. The molecule has 2 aromatic heterocycles. The number of halogens is 1. The molecular weight excluding hydrogens is 335 g/mol. The van der Waals surface area contributed by atoms with Gasteiger partial charge in [-0.2, -0.15) is 0 Å². The number of carbonyl (C=O) groups excluding carboxylic acids is 1. The van der Waals surface area contributed by atoms with E-state index < -0.39 is 11.7 Å². The number of ether oxygens (including phenoxy) is 1. The van der Waals surface area contributed by atoms with E-state index >= 15 is 0 Å². The SMILES string of the molecule is COc1c(F)cc(C)c(-n2c(N)c(C(N)=O)c3cc(C)c(C)nc32)c1C. The molecular formula is C19H21FN4O2. The van der Waals surface area contributed by atoms with Gasteiger partial charge in [-0.25, -0.2) is 9.37 Å². The highest BCUT2D eigenvalue weighted by molar-refractivity contribution is 6.11. The minimum atomic E-state index is -0.638. The van der Waals surface area contributed by atoms with Crippen LogP contribution < -0.4 is 16.2 Å². The number of nitrogen functional groups attached to an aromatic ring is 1. The van der Waals surface area contributed by atoms with E-state index in [9.17, 15) is 9.18 Å². The van der Waals surface area contributed by atoms with Crippen LogP contribution in [0.15, 0.2) is 12.1 Å². The molecule has 2 heterocycles. The molecule has 6 nitrogen and oxygen atoms in total. The number of hydrogen-bond donors (Lipinski definition) is 2. The van der Waals surface area contributed by atoms with Crippen molar-refractivity contribution in [1.29, 1.82) is 0 Å². The molecule has 0 fully saturated rings. The molecule has 136 valence electrons. The monoisotopic (exact) mass is 356 g/mol. The molecule has 0 unspecified atom stereocenters. The van der Waals surface area contributed by atoms with Gasteiger partial charge in [-0.1, -0.05) is 0 Å². The first-order valence-electron chi connectivity index (χ1n) is 8.11. The summed E-state index contributed by atoms with van der Waals surface area (Å²) in [6.45, 7) is 7.27. The summed E-state index contributed by atoms with van der Waals surface area (Å²) in [5.74, 6) is -0.807. The number of anilines is 1. The first-order valence-corrected chi connectivity index (χ1v) is 8.11. The Kier molecular flexibility index (Phi) is 4.10. The number of primary amides is 1. The Morgan fingerprint density at radius 1 is 1.19 bits per heavy atom. The Labute approximate surface area is 150 Å². The van der Waals surface area contributed by atoms with Crippen molar-refractivity contribution in [2.24, 2.45) is 5.73 Å². The number of pyridine rings is 1. The Hall–Kier alpha value is -3.09. The van der Waals surface area contributed by atoms with Crippen LogP contribution in [0.1, 0.15) is 32.7 Å². The van der Waals surface area contributed by atoms with Crippen LogP contribution in [0.2, 0.25) is 0 Å². The van der Waals surface area contributed by atoms with Gasteiger partial charge in [0.15, 0.2) is 11.6 Å². The van der Waals surface area contributed by atoms with Crippen molar-refractivity contribution in [3.63, 3.8) is 0 Å². The molecule has 1 amide bonds. The van der Waals surface area contributed by atoms with Crippen molar-refractivity contribution in [2.75, 3.05) is 12.8 Å². The molecule has 0 saturated heterocycles. The van der Waals surface area contributed by atoms with Crippen molar-refractivity contribution in [2.45, 2.75) is 27.7 Å². The summed E-state index contributed by atoms with van der Waals surface area (Å²) in [6, 6.07) is 3.22. The predicted octanol–water partition coefficient (Wildman–Crippen LogP) is 3.09. The first-order chi connectivity index (χ1) is 12.2. The lowest BCUT2D eigenvalue weighted by Crippen LogP contribution is -2.14. The van der Waals surface area contributed by atoms with Gasteiger partial charge in [-0.05, 0) is 51.0 Å². The molecule has 0 radical (unpaired) electrons. The number of aryl methyl sites for hydroxylation is 3. The largest absolute Gasteiger partial charge is 0.493 e. The van der Waals surface area contributed by atoms with Crippen LogP contribution in [0.25, 0.3) is 16.7 Å². The van der Waals surface area contributed by atoms with E-state index in [2.05, 4.69) is 4.98 Å². The van der Waals surface area contributed by atoms with Gasteiger partial charge in [0.25, 0.3) is 5.91 Å². The van der Waals surface area contributed by atoms with Crippen molar-refractivity contribution in [1.82, 2.24) is 9.55 Å². The molecule has 0 aliphatic rings. The zero-order valence-corrected chi connectivity index (χ0v) is 15.4. The number of carbonyl (C=O) groups is 1. The van der Waals surface area contributed by atoms with Crippen LogP contribution in [0.3, 0.4) is 0 Å². The van der Waals surface area contributed by atoms with Crippen LogP contribution in [0, 0.1) is 33.5 Å². The number of hydrogen-bond acceptors (Lipinski definition) is 4. The molecule has 7 heteroatoms. The highest BCUT2D eigenvalue weighted by atomic mass is 19.1. The molecule has 0 saturated carbocycles. The van der Waals surface area contributed by atoms with Gasteiger partial charge in [-0.3, -0.25) is 9.36 Å². The molecule has 4 N–H and O–H groups in total. The highest BCUT2D eigenvalue weighted by Gasteiger charge is 2.25. The quantitative estimate of drug-likeness (QED) is 0.754. The third-order valence-electron chi connectivity index (χ3n) is 4.73. The molecule has 0 spiro atoms. The Balaban J connectivity index is 2.54. The molecule has 0 aliphatic carbocycles. The molecule has 26 heavy (non-hydrogen) atoms. The fourth-order valence-electron chi connectivity index (χ4n) is 3.40. The van der Waals surface area contributed by atoms with Gasteiger partial charge in [-0.15, -0.1) is 0 Å². The zero-order chi connectivity index (χ0) is 19.3. The Morgan fingerprint density at radius 2 is 1.85 bits per heavy atom.